The minimum absolute atomic E-state index is 0.0228. The predicted octanol–water partition coefficient (Wildman–Crippen LogP) is 1.68. The van der Waals surface area contributed by atoms with Crippen LogP contribution in [0.15, 0.2) is 0 Å². The largest absolute Gasteiger partial charge is 0.352 e. The van der Waals surface area contributed by atoms with Crippen molar-refractivity contribution in [1.82, 2.24) is 10.6 Å². The molecule has 0 aliphatic rings. The molecular formula is C13H24N2O. The first-order chi connectivity index (χ1) is 7.54. The van der Waals surface area contributed by atoms with Crippen LogP contribution < -0.4 is 10.6 Å². The first-order valence-electron chi connectivity index (χ1n) is 6.07. The van der Waals surface area contributed by atoms with E-state index in [0.717, 1.165) is 19.3 Å². The third-order valence-corrected chi connectivity index (χ3v) is 2.56. The van der Waals surface area contributed by atoms with Crippen molar-refractivity contribution in [3.8, 4) is 12.3 Å². The standard InChI is InChI=1S/C13H24N2O/c1-6-9-10(4)14-13(16)11(5)15-12(7-2)8-3/h2,10-12,15H,6,8-9H2,1,3-5H3,(H,14,16). The summed E-state index contributed by atoms with van der Waals surface area (Å²) in [6, 6.07) is -0.0322. The number of amides is 1. The molecule has 3 nitrogen and oxygen atoms in total. The number of terminal acetylenes is 1. The van der Waals surface area contributed by atoms with Crippen LogP contribution in [-0.4, -0.2) is 24.0 Å². The highest BCUT2D eigenvalue weighted by Gasteiger charge is 2.16. The maximum absolute atomic E-state index is 11.8. The molecule has 16 heavy (non-hydrogen) atoms. The Bertz CT molecular complexity index is 245. The number of carbonyl (C=O) groups is 1. The zero-order valence-electron chi connectivity index (χ0n) is 10.8. The number of hydrogen-bond donors (Lipinski definition) is 2. The first kappa shape index (κ1) is 15.0. The molecule has 0 aromatic rings. The monoisotopic (exact) mass is 224 g/mol. The van der Waals surface area contributed by atoms with Gasteiger partial charge >= 0.3 is 0 Å². The molecule has 0 saturated carbocycles. The summed E-state index contributed by atoms with van der Waals surface area (Å²) >= 11 is 0. The summed E-state index contributed by atoms with van der Waals surface area (Å²) in [6.07, 6.45) is 8.25. The van der Waals surface area contributed by atoms with E-state index in [1.54, 1.807) is 0 Å². The topological polar surface area (TPSA) is 41.1 Å². The Morgan fingerprint density at radius 1 is 1.38 bits per heavy atom. The average Bonchev–Trinajstić information content (AvgIpc) is 2.25. The number of nitrogens with one attached hydrogen (secondary N) is 2. The molecule has 3 atom stereocenters. The molecule has 0 radical (unpaired) electrons. The van der Waals surface area contributed by atoms with Gasteiger partial charge in [0.1, 0.15) is 0 Å². The zero-order chi connectivity index (χ0) is 12.6. The molecular weight excluding hydrogens is 200 g/mol. The van der Waals surface area contributed by atoms with Crippen molar-refractivity contribution in [2.45, 2.75) is 65.1 Å². The van der Waals surface area contributed by atoms with Gasteiger partial charge < -0.3 is 5.32 Å². The molecule has 0 fully saturated rings. The smallest absolute Gasteiger partial charge is 0.237 e. The van der Waals surface area contributed by atoms with Crippen LogP contribution in [0.3, 0.4) is 0 Å². The number of carbonyl (C=O) groups excluding carboxylic acids is 1. The Morgan fingerprint density at radius 2 is 2.00 bits per heavy atom. The lowest BCUT2D eigenvalue weighted by Crippen LogP contribution is -2.48. The van der Waals surface area contributed by atoms with Gasteiger partial charge in [-0.05, 0) is 26.7 Å². The van der Waals surface area contributed by atoms with Crippen molar-refractivity contribution < 1.29 is 4.79 Å². The van der Waals surface area contributed by atoms with Crippen LogP contribution in [0.25, 0.3) is 0 Å². The highest BCUT2D eigenvalue weighted by molar-refractivity contribution is 5.81. The summed E-state index contributed by atoms with van der Waals surface area (Å²) in [5.41, 5.74) is 0. The maximum Gasteiger partial charge on any atom is 0.237 e. The van der Waals surface area contributed by atoms with E-state index in [9.17, 15) is 4.79 Å². The Hall–Kier alpha value is -1.01. The highest BCUT2D eigenvalue weighted by atomic mass is 16.2. The molecule has 3 heteroatoms. The van der Waals surface area contributed by atoms with E-state index >= 15 is 0 Å². The van der Waals surface area contributed by atoms with E-state index < -0.39 is 0 Å². The second-order valence-corrected chi connectivity index (χ2v) is 4.21. The fraction of sp³-hybridized carbons (Fsp3) is 0.769. The zero-order valence-corrected chi connectivity index (χ0v) is 10.8. The summed E-state index contributed by atoms with van der Waals surface area (Å²) in [5, 5.41) is 6.08. The van der Waals surface area contributed by atoms with Crippen molar-refractivity contribution in [2.75, 3.05) is 0 Å². The van der Waals surface area contributed by atoms with E-state index in [2.05, 4.69) is 23.5 Å². The van der Waals surface area contributed by atoms with Crippen molar-refractivity contribution in [3.63, 3.8) is 0 Å². The van der Waals surface area contributed by atoms with Gasteiger partial charge in [-0.3, -0.25) is 10.1 Å². The van der Waals surface area contributed by atoms with Crippen molar-refractivity contribution >= 4 is 5.91 Å². The molecule has 0 bridgehead atoms. The second kappa shape index (κ2) is 8.18. The molecule has 0 aliphatic heterocycles. The molecule has 0 aliphatic carbocycles. The van der Waals surface area contributed by atoms with Gasteiger partial charge in [0.25, 0.3) is 0 Å². The summed E-state index contributed by atoms with van der Waals surface area (Å²) in [6.45, 7) is 7.97. The molecule has 3 unspecified atom stereocenters. The SMILES string of the molecule is C#CC(CC)NC(C)C(=O)NC(C)CCC. The van der Waals surface area contributed by atoms with E-state index in [1.165, 1.54) is 0 Å². The lowest BCUT2D eigenvalue weighted by molar-refractivity contribution is -0.123. The van der Waals surface area contributed by atoms with Gasteiger partial charge in [-0.25, -0.2) is 0 Å². The summed E-state index contributed by atoms with van der Waals surface area (Å²) in [4.78, 5) is 11.8. The Morgan fingerprint density at radius 3 is 2.44 bits per heavy atom. The van der Waals surface area contributed by atoms with Crippen LogP contribution in [0.2, 0.25) is 0 Å². The number of hydrogen-bond acceptors (Lipinski definition) is 2. The highest BCUT2D eigenvalue weighted by Crippen LogP contribution is 1.97. The maximum atomic E-state index is 11.8. The molecule has 0 saturated heterocycles. The van der Waals surface area contributed by atoms with E-state index in [4.69, 9.17) is 6.42 Å². The molecule has 0 spiro atoms. The third kappa shape index (κ3) is 5.77. The first-order valence-corrected chi connectivity index (χ1v) is 6.07. The fourth-order valence-electron chi connectivity index (χ4n) is 1.53. The summed E-state index contributed by atoms with van der Waals surface area (Å²) < 4.78 is 0. The third-order valence-electron chi connectivity index (χ3n) is 2.56. The van der Waals surface area contributed by atoms with Gasteiger partial charge in [0.2, 0.25) is 5.91 Å². The van der Waals surface area contributed by atoms with Gasteiger partial charge in [-0.1, -0.05) is 26.2 Å². The normalized spacial score (nSPS) is 15.9. The minimum Gasteiger partial charge on any atom is -0.352 e. The molecule has 1 amide bonds. The Balaban J connectivity index is 4.04. The van der Waals surface area contributed by atoms with Crippen molar-refractivity contribution in [2.24, 2.45) is 0 Å². The summed E-state index contributed by atoms with van der Waals surface area (Å²) in [7, 11) is 0. The molecule has 0 aromatic carbocycles. The lowest BCUT2D eigenvalue weighted by atomic mass is 10.1. The van der Waals surface area contributed by atoms with Crippen LogP contribution >= 0.6 is 0 Å². The van der Waals surface area contributed by atoms with Crippen molar-refractivity contribution in [1.29, 1.82) is 0 Å². The van der Waals surface area contributed by atoms with E-state index in [-0.39, 0.29) is 24.0 Å². The van der Waals surface area contributed by atoms with Gasteiger partial charge in [0.05, 0.1) is 12.1 Å². The fourth-order valence-corrected chi connectivity index (χ4v) is 1.53. The molecule has 2 N–H and O–H groups in total. The van der Waals surface area contributed by atoms with Crippen LogP contribution in [0.4, 0.5) is 0 Å². The van der Waals surface area contributed by atoms with Gasteiger partial charge in [0, 0.05) is 6.04 Å². The van der Waals surface area contributed by atoms with Crippen LogP contribution in [0.1, 0.15) is 47.0 Å². The minimum atomic E-state index is -0.236. The van der Waals surface area contributed by atoms with Gasteiger partial charge in [0.15, 0.2) is 0 Å². The quantitative estimate of drug-likeness (QED) is 0.646. The molecule has 0 rings (SSSR count). The van der Waals surface area contributed by atoms with Crippen LogP contribution in [0, 0.1) is 12.3 Å². The van der Waals surface area contributed by atoms with Crippen molar-refractivity contribution in [3.05, 3.63) is 0 Å². The molecule has 92 valence electrons. The van der Waals surface area contributed by atoms with Crippen LogP contribution in [0.5, 0.6) is 0 Å². The van der Waals surface area contributed by atoms with E-state index in [0.29, 0.717) is 0 Å². The van der Waals surface area contributed by atoms with E-state index in [1.807, 2.05) is 20.8 Å². The second-order valence-electron chi connectivity index (χ2n) is 4.21. The van der Waals surface area contributed by atoms with Gasteiger partial charge in [-0.2, -0.15) is 0 Å². The van der Waals surface area contributed by atoms with Crippen LogP contribution in [-0.2, 0) is 4.79 Å². The Labute approximate surface area is 99.4 Å². The summed E-state index contributed by atoms with van der Waals surface area (Å²) in [5.74, 6) is 2.65. The Kier molecular flexibility index (Phi) is 7.66. The predicted molar refractivity (Wildman–Crippen MR) is 68.0 cm³/mol. The van der Waals surface area contributed by atoms with Gasteiger partial charge in [-0.15, -0.1) is 6.42 Å². The average molecular weight is 224 g/mol. The lowest BCUT2D eigenvalue weighted by Gasteiger charge is -2.20. The molecule has 0 aromatic heterocycles. The number of rotatable bonds is 7. The molecule has 0 heterocycles.